The molecule has 2 aliphatic carbocycles. The molecule has 2 aliphatic rings. The third kappa shape index (κ3) is 5.54. The number of aliphatic carboxylic acids is 1. The van der Waals surface area contributed by atoms with Crippen molar-refractivity contribution in [3.05, 3.63) is 43.8 Å². The van der Waals surface area contributed by atoms with Gasteiger partial charge in [0.05, 0.1) is 17.9 Å². The summed E-state index contributed by atoms with van der Waals surface area (Å²) < 4.78 is 5.06. The number of methoxy groups -OCH3 is 1. The third-order valence-corrected chi connectivity index (χ3v) is 9.67. The zero-order valence-corrected chi connectivity index (χ0v) is 21.9. The Morgan fingerprint density at radius 2 is 1.24 bits per heavy atom. The first kappa shape index (κ1) is 26.0. The van der Waals surface area contributed by atoms with Crippen LogP contribution in [0.4, 0.5) is 0 Å². The monoisotopic (exact) mass is 490 g/mol. The van der Waals surface area contributed by atoms with Crippen LogP contribution >= 0.6 is 22.7 Å². The number of carbonyl (C=O) groups is 2. The summed E-state index contributed by atoms with van der Waals surface area (Å²) in [6, 6.07) is 4.30. The molecule has 4 nitrogen and oxygen atoms in total. The largest absolute Gasteiger partial charge is 0.481 e. The van der Waals surface area contributed by atoms with Crippen molar-refractivity contribution >= 4 is 34.6 Å². The lowest BCUT2D eigenvalue weighted by atomic mass is 9.70. The molecule has 2 aromatic heterocycles. The van der Waals surface area contributed by atoms with Gasteiger partial charge in [-0.25, -0.2) is 0 Å². The first-order chi connectivity index (χ1) is 15.9. The molecule has 2 fully saturated rings. The topological polar surface area (TPSA) is 63.6 Å². The van der Waals surface area contributed by atoms with Gasteiger partial charge in [0.1, 0.15) is 0 Å². The van der Waals surface area contributed by atoms with Gasteiger partial charge >= 0.3 is 11.9 Å². The highest BCUT2D eigenvalue weighted by Gasteiger charge is 2.43. The fourth-order valence-electron chi connectivity index (χ4n) is 5.38. The molecule has 0 atom stereocenters. The smallest absolute Gasteiger partial charge is 0.316 e. The number of esters is 1. The van der Waals surface area contributed by atoms with Crippen LogP contribution in [-0.2, 0) is 38.0 Å². The molecule has 33 heavy (non-hydrogen) atoms. The van der Waals surface area contributed by atoms with E-state index in [0.29, 0.717) is 0 Å². The third-order valence-electron chi connectivity index (χ3n) is 7.51. The van der Waals surface area contributed by atoms with E-state index < -0.39 is 11.4 Å². The molecular formula is C27H38O4S2. The number of thiophene rings is 2. The maximum absolute atomic E-state index is 12.2. The highest BCUT2D eigenvalue weighted by molar-refractivity contribution is 7.10. The van der Waals surface area contributed by atoms with E-state index in [1.807, 2.05) is 0 Å². The standard InChI is InChI=1S/C14H20O2S.C13H18O2S/c1-3-12-9-11(10-17-12)14(13(15)16-2)7-5-4-6-8-14;1-2-11-8-10(9-16-11)13(12(14)15)6-4-3-5-7-13/h9-10H,3-8H2,1-2H3;8-9H,2-7H2,1H3,(H,14,15). The highest BCUT2D eigenvalue weighted by Crippen LogP contribution is 2.43. The number of carboxylic acid groups (broad SMARTS) is 1. The summed E-state index contributed by atoms with van der Waals surface area (Å²) >= 11 is 3.46. The second kappa shape index (κ2) is 11.7. The Morgan fingerprint density at radius 3 is 1.61 bits per heavy atom. The van der Waals surface area contributed by atoms with E-state index in [-0.39, 0.29) is 11.4 Å². The van der Waals surface area contributed by atoms with Crippen LogP contribution in [0.1, 0.15) is 98.9 Å². The van der Waals surface area contributed by atoms with Crippen LogP contribution in [0.5, 0.6) is 0 Å². The molecule has 0 amide bonds. The van der Waals surface area contributed by atoms with Crippen LogP contribution in [0.2, 0.25) is 0 Å². The molecular weight excluding hydrogens is 452 g/mol. The first-order valence-corrected chi connectivity index (χ1v) is 14.2. The van der Waals surface area contributed by atoms with Crippen molar-refractivity contribution < 1.29 is 19.4 Å². The molecule has 0 radical (unpaired) electrons. The Hall–Kier alpha value is -1.66. The molecule has 1 N–H and O–H groups in total. The maximum Gasteiger partial charge on any atom is 0.316 e. The summed E-state index contributed by atoms with van der Waals surface area (Å²) in [6.45, 7) is 4.27. The van der Waals surface area contributed by atoms with Crippen LogP contribution < -0.4 is 0 Å². The van der Waals surface area contributed by atoms with Gasteiger partial charge in [0.15, 0.2) is 0 Å². The van der Waals surface area contributed by atoms with Gasteiger partial charge in [0.2, 0.25) is 0 Å². The number of aryl methyl sites for hydroxylation is 2. The Bertz CT molecular complexity index is 914. The highest BCUT2D eigenvalue weighted by atomic mass is 32.1. The van der Waals surface area contributed by atoms with E-state index in [1.165, 1.54) is 35.3 Å². The minimum Gasteiger partial charge on any atom is -0.481 e. The second-order valence-electron chi connectivity index (χ2n) is 9.39. The quantitative estimate of drug-likeness (QED) is 0.432. The van der Waals surface area contributed by atoms with Crippen molar-refractivity contribution in [2.45, 2.75) is 102 Å². The minimum absolute atomic E-state index is 0.0438. The molecule has 0 unspecified atom stereocenters. The van der Waals surface area contributed by atoms with Crippen LogP contribution in [0.15, 0.2) is 22.9 Å². The Kier molecular flexibility index (Phi) is 9.17. The van der Waals surface area contributed by atoms with E-state index in [2.05, 4.69) is 36.7 Å². The van der Waals surface area contributed by atoms with Crippen molar-refractivity contribution in [2.75, 3.05) is 7.11 Å². The van der Waals surface area contributed by atoms with E-state index in [1.54, 1.807) is 22.7 Å². The Balaban J connectivity index is 0.000000186. The SMILES string of the molecule is CCc1cc(C2(C(=O)O)CCCCC2)cs1.CCc1cc(C2(C(=O)OC)CCCCC2)cs1. The molecule has 182 valence electrons. The van der Waals surface area contributed by atoms with Gasteiger partial charge in [-0.15, -0.1) is 22.7 Å². The molecule has 2 aromatic rings. The number of rotatable bonds is 6. The zero-order valence-electron chi connectivity index (χ0n) is 20.3. The van der Waals surface area contributed by atoms with E-state index in [4.69, 9.17) is 4.74 Å². The molecule has 2 heterocycles. The molecule has 0 saturated heterocycles. The summed E-state index contributed by atoms with van der Waals surface area (Å²) in [7, 11) is 1.51. The zero-order chi connectivity index (χ0) is 23.9. The average Bonchev–Trinajstić information content (AvgIpc) is 3.55. The summed E-state index contributed by atoms with van der Waals surface area (Å²) in [5.41, 5.74) is 1.30. The van der Waals surface area contributed by atoms with Gasteiger partial charge in [-0.2, -0.15) is 0 Å². The predicted octanol–water partition coefficient (Wildman–Crippen LogP) is 7.28. The van der Waals surface area contributed by atoms with Crippen LogP contribution in [0, 0.1) is 0 Å². The Labute approximate surface area is 206 Å². The number of hydrogen-bond donors (Lipinski definition) is 1. The maximum atomic E-state index is 12.2. The van der Waals surface area contributed by atoms with Gasteiger partial charge in [0, 0.05) is 9.75 Å². The van der Waals surface area contributed by atoms with Gasteiger partial charge in [-0.1, -0.05) is 52.4 Å². The summed E-state index contributed by atoms with van der Waals surface area (Å²) in [5, 5.41) is 13.7. The second-order valence-corrected chi connectivity index (χ2v) is 11.4. The first-order valence-electron chi connectivity index (χ1n) is 12.4. The molecule has 6 heteroatoms. The van der Waals surface area contributed by atoms with Crippen molar-refractivity contribution in [1.82, 2.24) is 0 Å². The fourth-order valence-corrected chi connectivity index (χ4v) is 7.24. The van der Waals surface area contributed by atoms with Crippen molar-refractivity contribution in [2.24, 2.45) is 0 Å². The van der Waals surface area contributed by atoms with Gasteiger partial charge in [-0.3, -0.25) is 9.59 Å². The van der Waals surface area contributed by atoms with E-state index in [0.717, 1.165) is 69.8 Å². The lowest BCUT2D eigenvalue weighted by Gasteiger charge is -2.34. The molecule has 4 rings (SSSR count). The van der Waals surface area contributed by atoms with Crippen molar-refractivity contribution in [1.29, 1.82) is 0 Å². The number of hydrogen-bond acceptors (Lipinski definition) is 5. The average molecular weight is 491 g/mol. The van der Waals surface area contributed by atoms with E-state index >= 15 is 0 Å². The normalized spacial score (nSPS) is 19.2. The molecule has 0 spiro atoms. The number of ether oxygens (including phenoxy) is 1. The fraction of sp³-hybridized carbons (Fsp3) is 0.630. The van der Waals surface area contributed by atoms with Gasteiger partial charge < -0.3 is 9.84 Å². The molecule has 2 saturated carbocycles. The molecule has 0 bridgehead atoms. The Morgan fingerprint density at radius 1 is 0.818 bits per heavy atom. The lowest BCUT2D eigenvalue weighted by Crippen LogP contribution is -2.38. The number of carboxylic acids is 1. The van der Waals surface area contributed by atoms with Crippen molar-refractivity contribution in [3.63, 3.8) is 0 Å². The summed E-state index contributed by atoms with van der Waals surface area (Å²) in [6.07, 6.45) is 12.3. The summed E-state index contributed by atoms with van der Waals surface area (Å²) in [4.78, 5) is 26.4. The molecule has 0 aromatic carbocycles. The van der Waals surface area contributed by atoms with E-state index in [9.17, 15) is 14.7 Å². The lowest BCUT2D eigenvalue weighted by molar-refractivity contribution is -0.149. The van der Waals surface area contributed by atoms with Crippen LogP contribution in [-0.4, -0.2) is 24.2 Å². The number of carbonyl (C=O) groups excluding carboxylic acids is 1. The van der Waals surface area contributed by atoms with Crippen LogP contribution in [0.3, 0.4) is 0 Å². The predicted molar refractivity (Wildman–Crippen MR) is 137 cm³/mol. The summed E-state index contributed by atoms with van der Waals surface area (Å²) in [5.74, 6) is -0.676. The van der Waals surface area contributed by atoms with Gasteiger partial charge in [0.25, 0.3) is 0 Å². The van der Waals surface area contributed by atoms with Gasteiger partial charge in [-0.05, 0) is 72.5 Å². The van der Waals surface area contributed by atoms with Crippen LogP contribution in [0.25, 0.3) is 0 Å². The minimum atomic E-state index is -0.632. The van der Waals surface area contributed by atoms with Crippen molar-refractivity contribution in [3.8, 4) is 0 Å². The molecule has 0 aliphatic heterocycles.